The van der Waals surface area contributed by atoms with E-state index in [2.05, 4.69) is 5.32 Å². The zero-order valence-electron chi connectivity index (χ0n) is 22.3. The van der Waals surface area contributed by atoms with Gasteiger partial charge in [-0.05, 0) is 67.3 Å². The van der Waals surface area contributed by atoms with E-state index in [1.165, 1.54) is 17.0 Å². The number of hydrogen-bond acceptors (Lipinski definition) is 4. The first-order valence-electron chi connectivity index (χ1n) is 13.4. The molecule has 10 heteroatoms. The van der Waals surface area contributed by atoms with Gasteiger partial charge in [0.05, 0.1) is 10.6 Å². The van der Waals surface area contributed by atoms with Crippen LogP contribution in [0.3, 0.4) is 0 Å². The van der Waals surface area contributed by atoms with E-state index in [-0.39, 0.29) is 29.1 Å². The van der Waals surface area contributed by atoms with Crippen molar-refractivity contribution in [2.24, 2.45) is 0 Å². The molecule has 1 aliphatic rings. The van der Waals surface area contributed by atoms with Crippen LogP contribution >= 0.6 is 23.2 Å². The second kappa shape index (κ2) is 13.5. The monoisotopic (exact) mass is 601 g/mol. The zero-order valence-corrected chi connectivity index (χ0v) is 24.6. The first-order chi connectivity index (χ1) is 19.2. The Morgan fingerprint density at radius 3 is 2.17 bits per heavy atom. The Morgan fingerprint density at radius 1 is 0.925 bits per heavy atom. The predicted molar refractivity (Wildman–Crippen MR) is 159 cm³/mol. The molecule has 1 aliphatic carbocycles. The van der Waals surface area contributed by atoms with Gasteiger partial charge in [-0.1, -0.05) is 79.4 Å². The first-order valence-corrected chi connectivity index (χ1v) is 15.6. The second-order valence-electron chi connectivity index (χ2n) is 9.83. The molecule has 0 heterocycles. The number of benzene rings is 3. The van der Waals surface area contributed by atoms with Crippen LogP contribution in [-0.2, 0) is 26.2 Å². The lowest BCUT2D eigenvalue weighted by Crippen LogP contribution is -2.53. The average Bonchev–Trinajstić information content (AvgIpc) is 3.46. The molecule has 0 spiro atoms. The minimum atomic E-state index is -4.13. The lowest BCUT2D eigenvalue weighted by molar-refractivity contribution is -0.140. The van der Waals surface area contributed by atoms with Gasteiger partial charge in [-0.2, -0.15) is 0 Å². The largest absolute Gasteiger partial charge is 0.352 e. The molecule has 4 rings (SSSR count). The number of hydrogen-bond donors (Lipinski definition) is 1. The summed E-state index contributed by atoms with van der Waals surface area (Å²) in [6, 6.07) is 20.6. The van der Waals surface area contributed by atoms with E-state index in [0.29, 0.717) is 22.0 Å². The highest BCUT2D eigenvalue weighted by atomic mass is 35.5. The van der Waals surface area contributed by atoms with Crippen molar-refractivity contribution in [1.29, 1.82) is 0 Å². The molecule has 1 fully saturated rings. The number of halogens is 2. The van der Waals surface area contributed by atoms with Crippen LogP contribution < -0.4 is 9.62 Å². The number of carbonyl (C=O) groups excluding carboxylic acids is 2. The van der Waals surface area contributed by atoms with Gasteiger partial charge in [0.1, 0.15) is 12.6 Å². The molecule has 1 saturated carbocycles. The van der Waals surface area contributed by atoms with Crippen molar-refractivity contribution < 1.29 is 18.0 Å². The third-order valence-corrected chi connectivity index (χ3v) is 9.52. The van der Waals surface area contributed by atoms with Crippen molar-refractivity contribution in [3.05, 3.63) is 94.5 Å². The molecule has 0 bridgehead atoms. The van der Waals surface area contributed by atoms with Crippen molar-refractivity contribution in [2.45, 2.75) is 62.6 Å². The molecule has 0 aliphatic heterocycles. The average molecular weight is 603 g/mol. The summed E-state index contributed by atoms with van der Waals surface area (Å²) in [4.78, 5) is 29.1. The summed E-state index contributed by atoms with van der Waals surface area (Å²) in [6.07, 6.45) is 4.26. The summed E-state index contributed by atoms with van der Waals surface area (Å²) in [6.45, 7) is 1.37. The third kappa shape index (κ3) is 7.16. The van der Waals surface area contributed by atoms with Crippen LogP contribution in [0, 0.1) is 0 Å². The fourth-order valence-corrected chi connectivity index (χ4v) is 6.71. The van der Waals surface area contributed by atoms with Gasteiger partial charge in [0.2, 0.25) is 11.8 Å². The van der Waals surface area contributed by atoms with Crippen LogP contribution in [0.5, 0.6) is 0 Å². The topological polar surface area (TPSA) is 86.8 Å². The molecule has 0 saturated heterocycles. The molecular weight excluding hydrogens is 569 g/mol. The number of carbonyl (C=O) groups is 2. The smallest absolute Gasteiger partial charge is 0.264 e. The van der Waals surface area contributed by atoms with Gasteiger partial charge in [-0.25, -0.2) is 8.42 Å². The number of rotatable bonds is 11. The van der Waals surface area contributed by atoms with E-state index in [0.717, 1.165) is 30.0 Å². The summed E-state index contributed by atoms with van der Waals surface area (Å²) < 4.78 is 28.7. The molecule has 0 aromatic heterocycles. The molecule has 40 heavy (non-hydrogen) atoms. The van der Waals surface area contributed by atoms with Gasteiger partial charge in [0.15, 0.2) is 0 Å². The second-order valence-corrected chi connectivity index (χ2v) is 12.5. The molecule has 0 radical (unpaired) electrons. The normalized spacial score (nSPS) is 14.5. The first kappa shape index (κ1) is 29.9. The van der Waals surface area contributed by atoms with Crippen molar-refractivity contribution in [2.75, 3.05) is 10.8 Å². The summed E-state index contributed by atoms with van der Waals surface area (Å²) in [5.41, 5.74) is 0.941. The third-order valence-electron chi connectivity index (χ3n) is 7.11. The minimum absolute atomic E-state index is 0.0430. The molecular formula is C30H33Cl2N3O4S. The minimum Gasteiger partial charge on any atom is -0.352 e. The lowest BCUT2D eigenvalue weighted by Gasteiger charge is -2.34. The van der Waals surface area contributed by atoms with Crippen molar-refractivity contribution in [1.82, 2.24) is 10.2 Å². The molecule has 3 aromatic carbocycles. The van der Waals surface area contributed by atoms with Gasteiger partial charge in [-0.3, -0.25) is 13.9 Å². The van der Waals surface area contributed by atoms with E-state index >= 15 is 0 Å². The number of nitrogens with one attached hydrogen (secondary N) is 1. The van der Waals surface area contributed by atoms with Gasteiger partial charge >= 0.3 is 0 Å². The highest BCUT2D eigenvalue weighted by Gasteiger charge is 2.34. The van der Waals surface area contributed by atoms with Gasteiger partial charge in [-0.15, -0.1) is 0 Å². The fraction of sp³-hybridized carbons (Fsp3) is 0.333. The molecule has 212 valence electrons. The van der Waals surface area contributed by atoms with Gasteiger partial charge in [0.25, 0.3) is 10.0 Å². The Balaban J connectivity index is 1.71. The summed E-state index contributed by atoms with van der Waals surface area (Å²) in [5.74, 6) is -0.776. The quantitative estimate of drug-likeness (QED) is 0.289. The highest BCUT2D eigenvalue weighted by Crippen LogP contribution is 2.27. The standard InChI is InChI=1S/C30H33Cl2N3O4S/c1-2-28(30(37)33-24-11-7-8-12-24)34(20-22-10-6-9-15-27(22)32)29(36)21-35(25-18-16-23(31)17-19-25)40(38,39)26-13-4-3-5-14-26/h3-6,9-10,13-19,24,28H,2,7-8,11-12,20-21H2,1H3,(H,33,37)/t28-/m1/s1. The van der Waals surface area contributed by atoms with E-state index in [1.54, 1.807) is 60.7 Å². The Hall–Kier alpha value is -3.07. The molecule has 7 nitrogen and oxygen atoms in total. The maximum atomic E-state index is 14.1. The van der Waals surface area contributed by atoms with E-state index in [1.807, 2.05) is 13.0 Å². The van der Waals surface area contributed by atoms with Crippen LogP contribution in [0.4, 0.5) is 5.69 Å². The molecule has 1 N–H and O–H groups in total. The summed E-state index contributed by atoms with van der Waals surface area (Å²) in [5, 5.41) is 3.99. The summed E-state index contributed by atoms with van der Waals surface area (Å²) in [7, 11) is -4.13. The SMILES string of the molecule is CC[C@H](C(=O)NC1CCCC1)N(Cc1ccccc1Cl)C(=O)CN(c1ccc(Cl)cc1)S(=O)(=O)c1ccccc1. The van der Waals surface area contributed by atoms with Crippen LogP contribution in [0.2, 0.25) is 10.0 Å². The number of nitrogens with zero attached hydrogens (tertiary/aromatic N) is 2. The van der Waals surface area contributed by atoms with Crippen molar-refractivity contribution in [3.8, 4) is 0 Å². The summed E-state index contributed by atoms with van der Waals surface area (Å²) >= 11 is 12.5. The van der Waals surface area contributed by atoms with Crippen LogP contribution in [0.15, 0.2) is 83.8 Å². The highest BCUT2D eigenvalue weighted by molar-refractivity contribution is 7.92. The van der Waals surface area contributed by atoms with Crippen LogP contribution in [0.25, 0.3) is 0 Å². The molecule has 0 unspecified atom stereocenters. The van der Waals surface area contributed by atoms with E-state index < -0.39 is 28.5 Å². The maximum absolute atomic E-state index is 14.1. The van der Waals surface area contributed by atoms with Crippen LogP contribution in [-0.4, -0.2) is 43.8 Å². The Morgan fingerprint density at radius 2 is 1.55 bits per heavy atom. The fourth-order valence-electron chi connectivity index (χ4n) is 4.95. The molecule has 1 atom stereocenters. The number of anilines is 1. The van der Waals surface area contributed by atoms with E-state index in [9.17, 15) is 18.0 Å². The Kier molecular flexibility index (Phi) is 10.1. The Labute approximate surface area is 246 Å². The molecule has 2 amide bonds. The zero-order chi connectivity index (χ0) is 28.7. The lowest BCUT2D eigenvalue weighted by atomic mass is 10.1. The van der Waals surface area contributed by atoms with Gasteiger partial charge < -0.3 is 10.2 Å². The predicted octanol–water partition coefficient (Wildman–Crippen LogP) is 6.05. The van der Waals surface area contributed by atoms with Crippen molar-refractivity contribution in [3.63, 3.8) is 0 Å². The number of sulfonamides is 1. The van der Waals surface area contributed by atoms with Crippen molar-refractivity contribution >= 4 is 50.7 Å². The van der Waals surface area contributed by atoms with Gasteiger partial charge in [0, 0.05) is 22.6 Å². The molecule has 3 aromatic rings. The van der Waals surface area contributed by atoms with E-state index in [4.69, 9.17) is 23.2 Å². The van der Waals surface area contributed by atoms with Crippen LogP contribution in [0.1, 0.15) is 44.6 Å². The Bertz CT molecular complexity index is 1410. The number of amides is 2. The maximum Gasteiger partial charge on any atom is 0.264 e.